The fourth-order valence-electron chi connectivity index (χ4n) is 4.34. The summed E-state index contributed by atoms with van der Waals surface area (Å²) in [6, 6.07) is 11.0. The minimum Gasteiger partial charge on any atom is -0.497 e. The molecule has 1 fully saturated rings. The lowest BCUT2D eigenvalue weighted by Crippen LogP contribution is -2.45. The van der Waals surface area contributed by atoms with E-state index >= 15 is 0 Å². The van der Waals surface area contributed by atoms with Crippen LogP contribution in [0.3, 0.4) is 0 Å². The summed E-state index contributed by atoms with van der Waals surface area (Å²) in [5.74, 6) is 1.27. The number of carbonyl (C=O) groups excluding carboxylic acids is 2. The Bertz CT molecular complexity index is 965. The molecule has 2 aliphatic heterocycles. The number of piperidine rings is 1. The van der Waals surface area contributed by atoms with Gasteiger partial charge in [0.05, 0.1) is 32.2 Å². The van der Waals surface area contributed by atoms with Gasteiger partial charge in [0.2, 0.25) is 5.91 Å². The van der Waals surface area contributed by atoms with E-state index in [1.165, 1.54) is 0 Å². The molecular formula is C24H30N4O5. The molecule has 2 aliphatic rings. The summed E-state index contributed by atoms with van der Waals surface area (Å²) in [6.45, 7) is 1.77. The minimum absolute atomic E-state index is 0.0267. The maximum Gasteiger partial charge on any atom is 0.257 e. The van der Waals surface area contributed by atoms with E-state index in [2.05, 4.69) is 15.3 Å². The molecule has 0 aliphatic carbocycles. The van der Waals surface area contributed by atoms with Gasteiger partial charge >= 0.3 is 0 Å². The first-order chi connectivity index (χ1) is 16.1. The van der Waals surface area contributed by atoms with Crippen LogP contribution in [0.4, 0.5) is 0 Å². The predicted octanol–water partition coefficient (Wildman–Crippen LogP) is 1.79. The highest BCUT2D eigenvalue weighted by Gasteiger charge is 2.36. The van der Waals surface area contributed by atoms with Crippen LogP contribution >= 0.6 is 0 Å². The average Bonchev–Trinajstić information content (AvgIpc) is 3.53. The maximum atomic E-state index is 13.3. The minimum atomic E-state index is -0.286. The first-order valence-corrected chi connectivity index (χ1v) is 11.3. The molecule has 1 atom stereocenters. The molecule has 1 aromatic carbocycles. The number of nitrogens with one attached hydrogen (secondary N) is 1. The van der Waals surface area contributed by atoms with Crippen LogP contribution in [0.25, 0.3) is 0 Å². The molecule has 2 amide bonds. The Morgan fingerprint density at radius 1 is 1.21 bits per heavy atom. The Morgan fingerprint density at radius 2 is 1.97 bits per heavy atom. The van der Waals surface area contributed by atoms with Gasteiger partial charge in [0.25, 0.3) is 5.91 Å². The van der Waals surface area contributed by atoms with Crippen LogP contribution in [0.15, 0.2) is 52.2 Å². The number of nitrogens with zero attached hydrogens (tertiary/aromatic N) is 3. The third-order valence-electron chi connectivity index (χ3n) is 6.19. The van der Waals surface area contributed by atoms with Gasteiger partial charge < -0.3 is 19.6 Å². The molecule has 0 saturated carbocycles. The first kappa shape index (κ1) is 23.0. The lowest BCUT2D eigenvalue weighted by atomic mass is 9.96. The van der Waals surface area contributed by atoms with Gasteiger partial charge in [-0.25, -0.2) is 5.01 Å². The average molecular weight is 455 g/mol. The van der Waals surface area contributed by atoms with E-state index in [0.717, 1.165) is 17.0 Å². The van der Waals surface area contributed by atoms with Crippen LogP contribution in [0.5, 0.6) is 5.75 Å². The van der Waals surface area contributed by atoms with Crippen molar-refractivity contribution in [3.63, 3.8) is 0 Å². The third kappa shape index (κ3) is 5.43. The smallest absolute Gasteiger partial charge is 0.257 e. The van der Waals surface area contributed by atoms with E-state index in [4.69, 9.17) is 14.3 Å². The van der Waals surface area contributed by atoms with Crippen molar-refractivity contribution in [2.24, 2.45) is 11.0 Å². The summed E-state index contributed by atoms with van der Waals surface area (Å²) in [4.78, 5) is 27.5. The Morgan fingerprint density at radius 3 is 2.61 bits per heavy atom. The third-order valence-corrected chi connectivity index (χ3v) is 6.19. The summed E-state index contributed by atoms with van der Waals surface area (Å²) in [6.07, 6.45) is 3.55. The number of benzene rings is 1. The molecule has 1 saturated heterocycles. The van der Waals surface area contributed by atoms with Crippen molar-refractivity contribution in [1.29, 1.82) is 0 Å². The topological polar surface area (TPSA) is 108 Å². The van der Waals surface area contributed by atoms with E-state index in [0.29, 0.717) is 38.1 Å². The monoisotopic (exact) mass is 454 g/mol. The van der Waals surface area contributed by atoms with E-state index in [1.54, 1.807) is 18.4 Å². The lowest BCUT2D eigenvalue weighted by Gasteiger charge is -2.32. The molecule has 4 rings (SSSR count). The van der Waals surface area contributed by atoms with Crippen LogP contribution in [-0.2, 0) is 9.59 Å². The Hall–Kier alpha value is -3.17. The Labute approximate surface area is 193 Å². The quantitative estimate of drug-likeness (QED) is 0.630. The number of likely N-dealkylation sites (tertiary alicyclic amines) is 1. The van der Waals surface area contributed by atoms with Crippen molar-refractivity contribution in [2.75, 3.05) is 39.9 Å². The summed E-state index contributed by atoms with van der Waals surface area (Å²) < 4.78 is 10.9. The number of ether oxygens (including phenoxy) is 1. The highest BCUT2D eigenvalue weighted by Crippen LogP contribution is 2.33. The van der Waals surface area contributed by atoms with Crippen molar-refractivity contribution in [1.82, 2.24) is 15.2 Å². The van der Waals surface area contributed by atoms with E-state index in [-0.39, 0.29) is 43.5 Å². The highest BCUT2D eigenvalue weighted by molar-refractivity contribution is 6.03. The van der Waals surface area contributed by atoms with Gasteiger partial charge in [-0.15, -0.1) is 0 Å². The molecule has 3 heterocycles. The molecular weight excluding hydrogens is 424 g/mol. The largest absolute Gasteiger partial charge is 0.497 e. The van der Waals surface area contributed by atoms with E-state index in [9.17, 15) is 9.59 Å². The van der Waals surface area contributed by atoms with Gasteiger partial charge in [0, 0.05) is 18.9 Å². The fourth-order valence-corrected chi connectivity index (χ4v) is 4.34. The van der Waals surface area contributed by atoms with Gasteiger partial charge in [-0.1, -0.05) is 0 Å². The highest BCUT2D eigenvalue weighted by atomic mass is 16.5. The lowest BCUT2D eigenvalue weighted by molar-refractivity contribution is -0.135. The van der Waals surface area contributed by atoms with E-state index < -0.39 is 0 Å². The zero-order valence-corrected chi connectivity index (χ0v) is 18.8. The molecule has 0 bridgehead atoms. The number of hydrazone groups is 1. The second kappa shape index (κ2) is 10.6. The normalized spacial score (nSPS) is 19.4. The number of carbonyl (C=O) groups is 2. The zero-order valence-electron chi connectivity index (χ0n) is 18.8. The molecule has 2 N–H and O–H groups in total. The standard InChI is InChI=1S/C24H30N4O5/c1-32-19-6-4-17(5-7-19)20-15-21(22-3-2-14-33-22)28(26-20)23(30)16-27-11-8-18(9-12-27)24(31)25-10-13-29/h2-7,14,18,21,29H,8-13,15-16H2,1H3,(H,25,31). The van der Waals surface area contributed by atoms with Crippen LogP contribution in [-0.4, -0.2) is 72.4 Å². The number of aliphatic hydroxyl groups is 1. The second-order valence-electron chi connectivity index (χ2n) is 8.31. The number of hydrogen-bond acceptors (Lipinski definition) is 7. The summed E-state index contributed by atoms with van der Waals surface area (Å²) in [5.41, 5.74) is 1.77. The molecule has 176 valence electrons. The molecule has 1 unspecified atom stereocenters. The van der Waals surface area contributed by atoms with Crippen molar-refractivity contribution in [3.05, 3.63) is 54.0 Å². The zero-order chi connectivity index (χ0) is 23.2. The van der Waals surface area contributed by atoms with Gasteiger partial charge in [0.15, 0.2) is 0 Å². The van der Waals surface area contributed by atoms with E-state index in [1.807, 2.05) is 36.4 Å². The van der Waals surface area contributed by atoms with Crippen molar-refractivity contribution < 1.29 is 23.8 Å². The van der Waals surface area contributed by atoms with Crippen molar-refractivity contribution in [3.8, 4) is 5.75 Å². The number of furan rings is 1. The van der Waals surface area contributed by atoms with Crippen molar-refractivity contribution in [2.45, 2.75) is 25.3 Å². The Kier molecular flexibility index (Phi) is 7.41. The summed E-state index contributed by atoms with van der Waals surface area (Å²) >= 11 is 0. The number of amides is 2. The number of aliphatic hydroxyl groups excluding tert-OH is 1. The van der Waals surface area contributed by atoms with Crippen LogP contribution < -0.4 is 10.1 Å². The molecule has 0 radical (unpaired) electrons. The molecule has 0 spiro atoms. The molecule has 1 aromatic heterocycles. The predicted molar refractivity (Wildman–Crippen MR) is 122 cm³/mol. The van der Waals surface area contributed by atoms with Crippen LogP contribution in [0, 0.1) is 5.92 Å². The molecule has 33 heavy (non-hydrogen) atoms. The van der Waals surface area contributed by atoms with Crippen LogP contribution in [0.2, 0.25) is 0 Å². The summed E-state index contributed by atoms with van der Waals surface area (Å²) in [5, 5.41) is 17.8. The fraction of sp³-hybridized carbons (Fsp3) is 0.458. The van der Waals surface area contributed by atoms with Crippen molar-refractivity contribution >= 4 is 17.5 Å². The first-order valence-electron chi connectivity index (χ1n) is 11.3. The maximum absolute atomic E-state index is 13.3. The van der Waals surface area contributed by atoms with Gasteiger partial charge in [-0.3, -0.25) is 14.5 Å². The molecule has 2 aromatic rings. The number of methoxy groups -OCH3 is 1. The number of rotatable bonds is 8. The Balaban J connectivity index is 1.42. The SMILES string of the molecule is COc1ccc(C2=NN(C(=O)CN3CCC(C(=O)NCCO)CC3)C(c3ccco3)C2)cc1. The molecule has 9 heteroatoms. The summed E-state index contributed by atoms with van der Waals surface area (Å²) in [7, 11) is 1.62. The second-order valence-corrected chi connectivity index (χ2v) is 8.31. The molecule has 9 nitrogen and oxygen atoms in total. The van der Waals surface area contributed by atoms with Crippen LogP contribution in [0.1, 0.15) is 36.6 Å². The van der Waals surface area contributed by atoms with Gasteiger partial charge in [-0.05, 0) is 67.9 Å². The van der Waals surface area contributed by atoms with Gasteiger partial charge in [-0.2, -0.15) is 5.10 Å². The van der Waals surface area contributed by atoms with Gasteiger partial charge in [0.1, 0.15) is 17.6 Å². The number of hydrogen-bond donors (Lipinski definition) is 2.